The molecular formula is C16H20INO3. The number of hydrogen-bond donors (Lipinski definition) is 2. The Labute approximate surface area is 138 Å². The molecule has 4 nitrogen and oxygen atoms in total. The van der Waals surface area contributed by atoms with E-state index in [0.29, 0.717) is 25.1 Å². The van der Waals surface area contributed by atoms with Crippen LogP contribution in [0.5, 0.6) is 5.75 Å². The minimum Gasteiger partial charge on any atom is -0.507 e. The van der Waals surface area contributed by atoms with Crippen molar-refractivity contribution >= 4 is 28.5 Å². The van der Waals surface area contributed by atoms with Crippen molar-refractivity contribution in [2.75, 3.05) is 13.1 Å². The Hall–Kier alpha value is -0.820. The first kappa shape index (κ1) is 15.1. The Kier molecular flexibility index (Phi) is 4.14. The summed E-state index contributed by atoms with van der Waals surface area (Å²) in [6, 6.07) is 5.04. The zero-order valence-electron chi connectivity index (χ0n) is 11.9. The molecule has 1 saturated carbocycles. The Morgan fingerprint density at radius 3 is 2.90 bits per heavy atom. The van der Waals surface area contributed by atoms with Gasteiger partial charge >= 0.3 is 0 Å². The maximum Gasteiger partial charge on any atom is 0.254 e. The van der Waals surface area contributed by atoms with E-state index < -0.39 is 5.60 Å². The molecule has 2 fully saturated rings. The van der Waals surface area contributed by atoms with E-state index >= 15 is 0 Å². The van der Waals surface area contributed by atoms with E-state index in [2.05, 4.69) is 0 Å². The molecule has 1 saturated heterocycles. The summed E-state index contributed by atoms with van der Waals surface area (Å²) in [5.74, 6) is 0.295. The maximum absolute atomic E-state index is 12.6. The van der Waals surface area contributed by atoms with E-state index in [1.807, 2.05) is 27.5 Å². The van der Waals surface area contributed by atoms with Gasteiger partial charge in [-0.3, -0.25) is 4.79 Å². The molecule has 1 aliphatic heterocycles. The third-order valence-corrected chi connectivity index (χ3v) is 5.82. The average Bonchev–Trinajstić information content (AvgIpc) is 2.48. The first-order valence-electron chi connectivity index (χ1n) is 7.50. The summed E-state index contributed by atoms with van der Waals surface area (Å²) in [4.78, 5) is 14.4. The second kappa shape index (κ2) is 5.76. The highest BCUT2D eigenvalue weighted by Crippen LogP contribution is 2.40. The number of rotatable bonds is 1. The first-order chi connectivity index (χ1) is 9.99. The van der Waals surface area contributed by atoms with Crippen LogP contribution in [0.4, 0.5) is 0 Å². The van der Waals surface area contributed by atoms with Gasteiger partial charge in [0, 0.05) is 24.6 Å². The summed E-state index contributed by atoms with van der Waals surface area (Å²) in [5, 5.41) is 20.4. The van der Waals surface area contributed by atoms with Crippen LogP contribution in [0.2, 0.25) is 0 Å². The number of aromatic hydroxyl groups is 1. The molecule has 2 atom stereocenters. The lowest BCUT2D eigenvalue weighted by molar-refractivity contribution is -0.0886. The van der Waals surface area contributed by atoms with E-state index in [-0.39, 0.29) is 17.6 Å². The summed E-state index contributed by atoms with van der Waals surface area (Å²) in [6.07, 6.45) is 4.76. The van der Waals surface area contributed by atoms with Crippen LogP contribution in [0.25, 0.3) is 0 Å². The molecule has 0 radical (unpaired) electrons. The van der Waals surface area contributed by atoms with Gasteiger partial charge in [-0.15, -0.1) is 0 Å². The fourth-order valence-electron chi connectivity index (χ4n) is 3.58. The number of nitrogens with zero attached hydrogens (tertiary/aromatic N) is 1. The molecule has 1 aromatic rings. The topological polar surface area (TPSA) is 60.8 Å². The van der Waals surface area contributed by atoms with Gasteiger partial charge in [0.1, 0.15) is 5.75 Å². The third-order valence-electron chi connectivity index (χ3n) is 4.91. The Morgan fingerprint density at radius 1 is 1.33 bits per heavy atom. The molecule has 0 spiro atoms. The van der Waals surface area contributed by atoms with Crippen LogP contribution in [0, 0.1) is 9.49 Å². The summed E-state index contributed by atoms with van der Waals surface area (Å²) < 4.78 is 0.740. The predicted molar refractivity (Wildman–Crippen MR) is 88.3 cm³/mol. The van der Waals surface area contributed by atoms with Gasteiger partial charge in [-0.25, -0.2) is 0 Å². The fraction of sp³-hybridized carbons (Fsp3) is 0.562. The lowest BCUT2D eigenvalue weighted by atomic mass is 9.71. The zero-order valence-corrected chi connectivity index (χ0v) is 14.0. The van der Waals surface area contributed by atoms with Gasteiger partial charge in [0.05, 0.1) is 9.17 Å². The van der Waals surface area contributed by atoms with Crippen molar-refractivity contribution in [3.63, 3.8) is 0 Å². The SMILES string of the molecule is O=C(c1ccc(I)c(O)c1)N1CCC2(O)CCCCC2C1. The Bertz CT molecular complexity index is 562. The van der Waals surface area contributed by atoms with Crippen molar-refractivity contribution in [3.8, 4) is 5.75 Å². The molecule has 0 bridgehead atoms. The number of likely N-dealkylation sites (tertiary alicyclic amines) is 1. The highest BCUT2D eigenvalue weighted by Gasteiger charge is 2.43. The number of phenols is 1. The largest absolute Gasteiger partial charge is 0.507 e. The van der Waals surface area contributed by atoms with Crippen LogP contribution in [-0.2, 0) is 0 Å². The minimum atomic E-state index is -0.566. The maximum atomic E-state index is 12.6. The smallest absolute Gasteiger partial charge is 0.254 e. The molecular weight excluding hydrogens is 381 g/mol. The van der Waals surface area contributed by atoms with Crippen molar-refractivity contribution in [2.45, 2.75) is 37.7 Å². The predicted octanol–water partition coefficient (Wildman–Crippen LogP) is 2.76. The number of halogens is 1. The van der Waals surface area contributed by atoms with Gasteiger partial charge in [-0.1, -0.05) is 12.8 Å². The molecule has 0 aromatic heterocycles. The summed E-state index contributed by atoms with van der Waals surface area (Å²) in [7, 11) is 0. The quantitative estimate of drug-likeness (QED) is 0.712. The summed E-state index contributed by atoms with van der Waals surface area (Å²) in [6.45, 7) is 1.22. The monoisotopic (exact) mass is 401 g/mol. The van der Waals surface area contributed by atoms with E-state index in [9.17, 15) is 15.0 Å². The molecule has 3 rings (SSSR count). The highest BCUT2D eigenvalue weighted by molar-refractivity contribution is 14.1. The standard InChI is InChI=1S/C16H20INO3/c17-13-5-4-11(9-14(13)19)15(20)18-8-7-16(21)6-2-1-3-12(16)10-18/h4-5,9,12,19,21H,1-3,6-8,10H2. The lowest BCUT2D eigenvalue weighted by Gasteiger charge is -2.47. The van der Waals surface area contributed by atoms with Crippen molar-refractivity contribution in [3.05, 3.63) is 27.3 Å². The van der Waals surface area contributed by atoms with Crippen molar-refractivity contribution in [2.24, 2.45) is 5.92 Å². The van der Waals surface area contributed by atoms with Crippen molar-refractivity contribution in [1.82, 2.24) is 4.90 Å². The van der Waals surface area contributed by atoms with Gasteiger partial charge in [0.15, 0.2) is 0 Å². The number of aliphatic hydroxyl groups is 1. The van der Waals surface area contributed by atoms with E-state index in [1.165, 1.54) is 6.07 Å². The van der Waals surface area contributed by atoms with Crippen LogP contribution in [0.3, 0.4) is 0 Å². The molecule has 1 amide bonds. The number of fused-ring (bicyclic) bond motifs is 1. The molecule has 5 heteroatoms. The molecule has 2 aliphatic rings. The molecule has 21 heavy (non-hydrogen) atoms. The van der Waals surface area contributed by atoms with Crippen LogP contribution in [0.15, 0.2) is 18.2 Å². The van der Waals surface area contributed by atoms with Gasteiger partial charge in [-0.05, 0) is 60.1 Å². The zero-order chi connectivity index (χ0) is 15.0. The van der Waals surface area contributed by atoms with Crippen molar-refractivity contribution in [1.29, 1.82) is 0 Å². The fourth-order valence-corrected chi connectivity index (χ4v) is 3.92. The minimum absolute atomic E-state index is 0.0469. The molecule has 1 aliphatic carbocycles. The van der Waals surface area contributed by atoms with Crippen LogP contribution in [-0.4, -0.2) is 39.7 Å². The summed E-state index contributed by atoms with van der Waals surface area (Å²) >= 11 is 2.04. The first-order valence-corrected chi connectivity index (χ1v) is 8.58. The van der Waals surface area contributed by atoms with Crippen LogP contribution >= 0.6 is 22.6 Å². The van der Waals surface area contributed by atoms with Gasteiger partial charge in [0.2, 0.25) is 0 Å². The van der Waals surface area contributed by atoms with E-state index in [0.717, 1.165) is 29.3 Å². The molecule has 114 valence electrons. The normalized spacial score (nSPS) is 29.0. The molecule has 2 N–H and O–H groups in total. The Morgan fingerprint density at radius 2 is 2.14 bits per heavy atom. The highest BCUT2D eigenvalue weighted by atomic mass is 127. The Balaban J connectivity index is 1.75. The molecule has 1 heterocycles. The number of amides is 1. The second-order valence-corrected chi connectivity index (χ2v) is 7.38. The molecule has 1 aromatic carbocycles. The van der Waals surface area contributed by atoms with Crippen LogP contribution in [0.1, 0.15) is 42.5 Å². The van der Waals surface area contributed by atoms with E-state index in [1.54, 1.807) is 12.1 Å². The van der Waals surface area contributed by atoms with Gasteiger partial charge in [-0.2, -0.15) is 0 Å². The summed E-state index contributed by atoms with van der Waals surface area (Å²) in [5.41, 5.74) is -0.0439. The average molecular weight is 401 g/mol. The van der Waals surface area contributed by atoms with Crippen LogP contribution < -0.4 is 0 Å². The number of carbonyl (C=O) groups is 1. The van der Waals surface area contributed by atoms with E-state index in [4.69, 9.17) is 0 Å². The number of hydrogen-bond acceptors (Lipinski definition) is 3. The number of phenolic OH excluding ortho intramolecular Hbond substituents is 1. The van der Waals surface area contributed by atoms with Gasteiger partial charge in [0.25, 0.3) is 5.91 Å². The second-order valence-electron chi connectivity index (χ2n) is 6.21. The van der Waals surface area contributed by atoms with Crippen molar-refractivity contribution < 1.29 is 15.0 Å². The van der Waals surface area contributed by atoms with Gasteiger partial charge < -0.3 is 15.1 Å². The number of benzene rings is 1. The lowest BCUT2D eigenvalue weighted by Crippen LogP contribution is -2.54. The third kappa shape index (κ3) is 2.90. The number of piperidine rings is 1. The molecule has 2 unspecified atom stereocenters. The number of carbonyl (C=O) groups excluding carboxylic acids is 1.